The van der Waals surface area contributed by atoms with Gasteiger partial charge in [0.1, 0.15) is 5.82 Å². The lowest BCUT2D eigenvalue weighted by Gasteiger charge is -2.13. The van der Waals surface area contributed by atoms with Gasteiger partial charge in [-0.3, -0.25) is 9.52 Å². The minimum absolute atomic E-state index is 0.0143. The van der Waals surface area contributed by atoms with Crippen molar-refractivity contribution in [1.82, 2.24) is 14.8 Å². The molecule has 0 saturated carbocycles. The number of sulfonamides is 1. The van der Waals surface area contributed by atoms with Crippen molar-refractivity contribution in [2.75, 3.05) is 16.7 Å². The second-order valence-corrected chi connectivity index (χ2v) is 10.8. The molecule has 0 aliphatic rings. The van der Waals surface area contributed by atoms with Crippen LogP contribution in [0.5, 0.6) is 11.5 Å². The third-order valence-corrected chi connectivity index (χ3v) is 6.68. The summed E-state index contributed by atoms with van der Waals surface area (Å²) in [6.45, 7) is 3.42. The van der Waals surface area contributed by atoms with Gasteiger partial charge in [-0.25, -0.2) is 21.9 Å². The summed E-state index contributed by atoms with van der Waals surface area (Å²) in [7, 11) is -3.49. The highest BCUT2D eigenvalue weighted by atomic mass is 32.2. The molecule has 0 aliphatic carbocycles. The summed E-state index contributed by atoms with van der Waals surface area (Å²) < 4.78 is 61.3. The number of nitrogens with two attached hydrogens (primary N) is 1. The average Bonchev–Trinajstić information content (AvgIpc) is 3.44. The number of ketones is 1. The summed E-state index contributed by atoms with van der Waals surface area (Å²) >= 11 is 0. The van der Waals surface area contributed by atoms with Gasteiger partial charge in [-0.05, 0) is 61.4 Å². The van der Waals surface area contributed by atoms with Gasteiger partial charge in [0.15, 0.2) is 23.1 Å². The van der Waals surface area contributed by atoms with Crippen LogP contribution >= 0.6 is 0 Å². The number of rotatable bonds is 7. The Kier molecular flexibility index (Phi) is 6.35. The lowest BCUT2D eigenvalue weighted by molar-refractivity contribution is 0.103. The molecule has 0 amide bonds. The standard InChI is InChI=1S/C27H23F2N5O4S/c1-14-8-16-10-22(32-21(16)12-20(14)33-39(3,36)37)26(35)17-13-31-34(27(17)30)23-11-19(29)25(9-15(23)2)38-24-7-5-4-6-18(24)28/h4-13,32-33H,30H2,1-3H3. The van der Waals surface area contributed by atoms with Crippen LogP contribution < -0.4 is 15.2 Å². The Morgan fingerprint density at radius 3 is 2.49 bits per heavy atom. The molecule has 2 aromatic heterocycles. The Labute approximate surface area is 222 Å². The van der Waals surface area contributed by atoms with Crippen LogP contribution in [0.4, 0.5) is 20.3 Å². The molecule has 3 aromatic carbocycles. The van der Waals surface area contributed by atoms with E-state index in [0.717, 1.165) is 12.3 Å². The number of carbonyl (C=O) groups excluding carboxylic acids is 1. The van der Waals surface area contributed by atoms with E-state index in [1.54, 1.807) is 38.1 Å². The van der Waals surface area contributed by atoms with Gasteiger partial charge in [0.05, 0.1) is 35.1 Å². The number of H-pyrrole nitrogens is 1. The maximum Gasteiger partial charge on any atom is 0.229 e. The first-order chi connectivity index (χ1) is 18.4. The van der Waals surface area contributed by atoms with Gasteiger partial charge < -0.3 is 15.5 Å². The van der Waals surface area contributed by atoms with Crippen LogP contribution in [0.1, 0.15) is 27.2 Å². The molecule has 0 bridgehead atoms. The largest absolute Gasteiger partial charge is 0.451 e. The highest BCUT2D eigenvalue weighted by molar-refractivity contribution is 7.92. The number of hydrogen-bond donors (Lipinski definition) is 3. The molecule has 0 fully saturated rings. The predicted molar refractivity (Wildman–Crippen MR) is 144 cm³/mol. The fourth-order valence-electron chi connectivity index (χ4n) is 4.19. The van der Waals surface area contributed by atoms with Crippen LogP contribution in [-0.4, -0.2) is 35.2 Å². The smallest absolute Gasteiger partial charge is 0.229 e. The predicted octanol–water partition coefficient (Wildman–Crippen LogP) is 5.23. The van der Waals surface area contributed by atoms with Crippen LogP contribution in [0, 0.1) is 25.5 Å². The summed E-state index contributed by atoms with van der Waals surface area (Å²) in [4.78, 5) is 16.3. The Morgan fingerprint density at radius 1 is 1.03 bits per heavy atom. The van der Waals surface area contributed by atoms with Gasteiger partial charge in [0.25, 0.3) is 0 Å². The van der Waals surface area contributed by atoms with E-state index >= 15 is 0 Å². The summed E-state index contributed by atoms with van der Waals surface area (Å²) in [5.41, 5.74) is 8.97. The van der Waals surface area contributed by atoms with E-state index in [9.17, 15) is 22.0 Å². The first kappa shape index (κ1) is 25.9. The maximum absolute atomic E-state index is 14.9. The van der Waals surface area contributed by atoms with E-state index in [-0.39, 0.29) is 34.3 Å². The molecule has 39 heavy (non-hydrogen) atoms. The Morgan fingerprint density at radius 2 is 1.77 bits per heavy atom. The van der Waals surface area contributed by atoms with E-state index in [4.69, 9.17) is 10.5 Å². The lowest BCUT2D eigenvalue weighted by Crippen LogP contribution is -2.10. The molecule has 0 radical (unpaired) electrons. The van der Waals surface area contributed by atoms with Gasteiger partial charge in [-0.15, -0.1) is 0 Å². The van der Waals surface area contributed by atoms with Crippen molar-refractivity contribution >= 4 is 38.2 Å². The molecule has 0 unspecified atom stereocenters. The third kappa shape index (κ3) is 5.06. The number of halogens is 2. The quantitative estimate of drug-likeness (QED) is 0.238. The second kappa shape index (κ2) is 9.55. The fraction of sp³-hybridized carbons (Fsp3) is 0.111. The molecule has 4 N–H and O–H groups in total. The molecule has 9 nitrogen and oxygen atoms in total. The SMILES string of the molecule is Cc1cc2cc(C(=O)c3cnn(-c4cc(F)c(Oc5ccccc5F)cc4C)c3N)[nH]c2cc1NS(C)(=O)=O. The van der Waals surface area contributed by atoms with E-state index in [2.05, 4.69) is 14.8 Å². The molecule has 0 aliphatic heterocycles. The Bertz CT molecular complexity index is 1880. The van der Waals surface area contributed by atoms with Crippen molar-refractivity contribution in [3.63, 3.8) is 0 Å². The van der Waals surface area contributed by atoms with E-state index in [0.29, 0.717) is 27.7 Å². The summed E-state index contributed by atoms with van der Waals surface area (Å²) in [5.74, 6) is -2.18. The highest BCUT2D eigenvalue weighted by Crippen LogP contribution is 2.32. The number of ether oxygens (including phenoxy) is 1. The monoisotopic (exact) mass is 551 g/mol. The number of benzene rings is 3. The summed E-state index contributed by atoms with van der Waals surface area (Å²) in [6, 6.07) is 13.2. The normalized spacial score (nSPS) is 11.6. The van der Waals surface area contributed by atoms with Crippen molar-refractivity contribution in [2.24, 2.45) is 0 Å². The molecule has 12 heteroatoms. The minimum Gasteiger partial charge on any atom is -0.451 e. The number of aromatic nitrogens is 3. The molecule has 5 aromatic rings. The number of carbonyl (C=O) groups is 1. The number of aryl methyl sites for hydroxylation is 2. The Balaban J connectivity index is 1.46. The highest BCUT2D eigenvalue weighted by Gasteiger charge is 2.22. The zero-order chi connectivity index (χ0) is 28.1. The number of nitrogens with one attached hydrogen (secondary N) is 2. The number of anilines is 2. The summed E-state index contributed by atoms with van der Waals surface area (Å²) in [5, 5.41) is 4.90. The molecular weight excluding hydrogens is 528 g/mol. The molecule has 0 saturated heterocycles. The molecule has 2 heterocycles. The number of fused-ring (bicyclic) bond motifs is 1. The molecular formula is C27H23F2N5O4S. The number of nitrogens with zero attached hydrogens (tertiary/aromatic N) is 2. The molecule has 5 rings (SSSR count). The fourth-order valence-corrected chi connectivity index (χ4v) is 4.81. The number of hydrogen-bond acceptors (Lipinski definition) is 6. The van der Waals surface area contributed by atoms with E-state index < -0.39 is 27.4 Å². The van der Waals surface area contributed by atoms with Crippen LogP contribution in [0.2, 0.25) is 0 Å². The van der Waals surface area contributed by atoms with Crippen molar-refractivity contribution < 1.29 is 26.7 Å². The molecule has 200 valence electrons. The topological polar surface area (TPSA) is 132 Å². The van der Waals surface area contributed by atoms with Crippen molar-refractivity contribution in [1.29, 1.82) is 0 Å². The molecule has 0 spiro atoms. The van der Waals surface area contributed by atoms with Gasteiger partial charge >= 0.3 is 0 Å². The lowest BCUT2D eigenvalue weighted by atomic mass is 10.1. The van der Waals surface area contributed by atoms with Crippen molar-refractivity contribution in [3.05, 3.63) is 94.8 Å². The first-order valence-corrected chi connectivity index (χ1v) is 13.5. The average molecular weight is 552 g/mol. The number of nitrogen functional groups attached to an aromatic ring is 1. The van der Waals surface area contributed by atoms with Gasteiger partial charge in [0, 0.05) is 17.0 Å². The Hall–Kier alpha value is -4.71. The third-order valence-electron chi connectivity index (χ3n) is 6.09. The maximum atomic E-state index is 14.9. The van der Waals surface area contributed by atoms with Gasteiger partial charge in [-0.2, -0.15) is 5.10 Å². The number of para-hydroxylation sites is 1. The molecule has 0 atom stereocenters. The zero-order valence-corrected chi connectivity index (χ0v) is 21.9. The van der Waals surface area contributed by atoms with Gasteiger partial charge in [0.2, 0.25) is 15.8 Å². The number of aromatic amines is 1. The van der Waals surface area contributed by atoms with Crippen LogP contribution in [0.15, 0.2) is 60.8 Å². The van der Waals surface area contributed by atoms with E-state index in [1.807, 2.05) is 0 Å². The van der Waals surface area contributed by atoms with Crippen molar-refractivity contribution in [3.8, 4) is 17.2 Å². The van der Waals surface area contributed by atoms with Crippen LogP contribution in [-0.2, 0) is 10.0 Å². The zero-order valence-electron chi connectivity index (χ0n) is 21.0. The van der Waals surface area contributed by atoms with E-state index in [1.165, 1.54) is 35.1 Å². The first-order valence-electron chi connectivity index (χ1n) is 11.6. The minimum atomic E-state index is -3.49. The van der Waals surface area contributed by atoms with Gasteiger partial charge in [-0.1, -0.05) is 12.1 Å². The van der Waals surface area contributed by atoms with Crippen LogP contribution in [0.3, 0.4) is 0 Å². The summed E-state index contributed by atoms with van der Waals surface area (Å²) in [6.07, 6.45) is 2.34. The second-order valence-electron chi connectivity index (χ2n) is 9.10. The van der Waals surface area contributed by atoms with Crippen molar-refractivity contribution in [2.45, 2.75) is 13.8 Å². The van der Waals surface area contributed by atoms with Crippen LogP contribution in [0.25, 0.3) is 16.6 Å².